The molecular formula is H3BGaOZn. The van der Waals surface area contributed by atoms with Crippen LogP contribution in [-0.4, -0.2) is 28.2 Å². The van der Waals surface area contributed by atoms with Crippen LogP contribution >= 0.6 is 0 Å². The first-order valence-corrected chi connectivity index (χ1v) is 1.50. The van der Waals surface area contributed by atoms with Crippen molar-refractivity contribution in [3.05, 3.63) is 0 Å². The Labute approximate surface area is 50.1 Å². The van der Waals surface area contributed by atoms with Crippen LogP contribution in [0.2, 0.25) is 0 Å². The van der Waals surface area contributed by atoms with Crippen LogP contribution in [0, 0.1) is 0 Å². The topological polar surface area (TPSA) is 17.1 Å². The molecule has 1 nitrogen and oxygen atoms in total. The first-order valence-electron chi connectivity index (χ1n) is 0.289. The third-order valence-corrected chi connectivity index (χ3v) is 0. The van der Waals surface area contributed by atoms with Crippen molar-refractivity contribution in [3.63, 3.8) is 0 Å². The molecule has 0 unspecified atom stereocenters. The summed E-state index contributed by atoms with van der Waals surface area (Å²) in [6.07, 6.45) is 0. The van der Waals surface area contributed by atoms with Crippen LogP contribution in [0.15, 0.2) is 0 Å². The van der Waals surface area contributed by atoms with E-state index in [1.54, 1.807) is 0 Å². The minimum absolute atomic E-state index is 0. The molecule has 0 rings (SSSR count). The molecule has 0 heterocycles. The number of hydrogen-bond acceptors (Lipinski definition) is 1. The summed E-state index contributed by atoms with van der Waals surface area (Å²) in [7, 11) is 0. The average Bonchev–Trinajstić information content (AvgIpc) is 1.00. The van der Waals surface area contributed by atoms with E-state index in [9.17, 15) is 0 Å². The van der Waals surface area contributed by atoms with Gasteiger partial charge in [0.05, 0.1) is 0 Å². The van der Waals surface area contributed by atoms with Gasteiger partial charge in [-0.3, -0.25) is 0 Å². The summed E-state index contributed by atoms with van der Waals surface area (Å²) in [4.78, 5) is 0. The van der Waals surface area contributed by atoms with Crippen LogP contribution in [0.25, 0.3) is 0 Å². The Morgan fingerprint density at radius 3 is 1.25 bits per heavy atom. The van der Waals surface area contributed by atoms with Crippen molar-refractivity contribution >= 4 is 28.2 Å². The molecule has 0 aliphatic rings. The van der Waals surface area contributed by atoms with Gasteiger partial charge in [0.25, 0.3) is 0 Å². The molecule has 0 aliphatic carbocycles. The van der Waals surface area contributed by atoms with Gasteiger partial charge in [0, 0.05) is 8.41 Å². The summed E-state index contributed by atoms with van der Waals surface area (Å²) in [5, 5.41) is 0. The van der Waals surface area contributed by atoms with Crippen LogP contribution < -0.4 is 0 Å². The summed E-state index contributed by atoms with van der Waals surface area (Å²) in [5.41, 5.74) is 0. The zero-order valence-electron chi connectivity index (χ0n) is 1.69. The van der Waals surface area contributed by atoms with Crippen molar-refractivity contribution in [1.82, 2.24) is 0 Å². The molecule has 3 radical (unpaired) electrons. The predicted octanol–water partition coefficient (Wildman–Crippen LogP) is -1.69. The predicted molar refractivity (Wildman–Crippen MR) is 16.4 cm³/mol. The Hall–Kier alpha value is 1.12. The normalized spacial score (nSPS) is 1.50. The maximum atomic E-state index is 8.38. The second kappa shape index (κ2) is 31.8. The SMILES string of the molecule is [B].[GaH3].[O]=[Zn]. The van der Waals surface area contributed by atoms with Gasteiger partial charge in [0.2, 0.25) is 0 Å². The first-order chi connectivity index (χ1) is 1.00. The van der Waals surface area contributed by atoms with E-state index in [0.717, 1.165) is 0 Å². The Morgan fingerprint density at radius 1 is 1.25 bits per heavy atom. The summed E-state index contributed by atoms with van der Waals surface area (Å²) in [6, 6.07) is 0. The summed E-state index contributed by atoms with van der Waals surface area (Å²) in [5.74, 6) is 0. The van der Waals surface area contributed by atoms with Crippen LogP contribution in [-0.2, 0) is 21.8 Å². The van der Waals surface area contributed by atoms with Crippen molar-refractivity contribution in [2.45, 2.75) is 0 Å². The van der Waals surface area contributed by atoms with Gasteiger partial charge in [-0.05, 0) is 0 Å². The fourth-order valence-electron chi connectivity index (χ4n) is 0. The van der Waals surface area contributed by atoms with Gasteiger partial charge < -0.3 is 0 Å². The maximum absolute atomic E-state index is 8.38. The summed E-state index contributed by atoms with van der Waals surface area (Å²) < 4.78 is 8.38. The van der Waals surface area contributed by atoms with E-state index in [1.807, 2.05) is 0 Å². The molecule has 0 atom stereocenters. The Bertz CT molecular complexity index is 8.00. The molecule has 0 fully saturated rings. The number of hydrogen-bond donors (Lipinski definition) is 0. The van der Waals surface area contributed by atoms with E-state index in [1.165, 1.54) is 0 Å². The fraction of sp³-hybridized carbons (Fsp3) is 0. The van der Waals surface area contributed by atoms with Gasteiger partial charge in [-0.25, -0.2) is 0 Å². The van der Waals surface area contributed by atoms with E-state index < -0.39 is 0 Å². The van der Waals surface area contributed by atoms with Gasteiger partial charge in [-0.1, -0.05) is 0 Å². The van der Waals surface area contributed by atoms with E-state index in [4.69, 9.17) is 3.57 Å². The van der Waals surface area contributed by atoms with Crippen molar-refractivity contribution in [2.24, 2.45) is 0 Å². The molecule has 0 aromatic rings. The van der Waals surface area contributed by atoms with Gasteiger partial charge >= 0.3 is 41.6 Å². The molecular weight excluding hydrogens is 162 g/mol. The Morgan fingerprint density at radius 2 is 1.25 bits per heavy atom. The van der Waals surface area contributed by atoms with E-state index in [-0.39, 0.29) is 46.5 Å². The zero-order valence-corrected chi connectivity index (χ0v) is 4.66. The molecule has 0 amide bonds. The van der Waals surface area contributed by atoms with E-state index in [0.29, 0.717) is 0 Å². The molecule has 0 aliphatic heterocycles. The third-order valence-electron chi connectivity index (χ3n) is 0. The van der Waals surface area contributed by atoms with E-state index in [2.05, 4.69) is 0 Å². The molecule has 17 valence electrons. The Balaban J connectivity index is -0.00000000500. The molecule has 0 saturated carbocycles. The molecule has 0 spiro atoms. The van der Waals surface area contributed by atoms with Gasteiger partial charge in [-0.15, -0.1) is 0 Å². The van der Waals surface area contributed by atoms with Crippen molar-refractivity contribution in [1.29, 1.82) is 0 Å². The average molecular weight is 165 g/mol. The van der Waals surface area contributed by atoms with Gasteiger partial charge in [-0.2, -0.15) is 0 Å². The quantitative estimate of drug-likeness (QED) is 0.391. The van der Waals surface area contributed by atoms with Crippen molar-refractivity contribution in [3.8, 4) is 0 Å². The first kappa shape index (κ1) is 19.3. The van der Waals surface area contributed by atoms with Crippen LogP contribution in [0.3, 0.4) is 0 Å². The summed E-state index contributed by atoms with van der Waals surface area (Å²) >= 11 is 0.125. The molecule has 0 bridgehead atoms. The Kier molecular flexibility index (Phi) is 154. The van der Waals surface area contributed by atoms with Crippen molar-refractivity contribution < 1.29 is 21.8 Å². The third kappa shape index (κ3) is 11.2. The second-order valence-electron chi connectivity index (χ2n) is 0. The number of rotatable bonds is 0. The fourth-order valence-corrected chi connectivity index (χ4v) is 0. The van der Waals surface area contributed by atoms with Gasteiger partial charge in [0.15, 0.2) is 0 Å². The van der Waals surface area contributed by atoms with Crippen LogP contribution in [0.1, 0.15) is 0 Å². The zero-order chi connectivity index (χ0) is 2.00. The van der Waals surface area contributed by atoms with E-state index >= 15 is 0 Å². The standard InChI is InChI=1S/B.Ga.O.Zn.3H. The minimum atomic E-state index is 0. The van der Waals surface area contributed by atoms with Crippen LogP contribution in [0.5, 0.6) is 0 Å². The van der Waals surface area contributed by atoms with Gasteiger partial charge in [0.1, 0.15) is 0 Å². The van der Waals surface area contributed by atoms with Crippen LogP contribution in [0.4, 0.5) is 0 Å². The molecule has 0 aromatic carbocycles. The molecule has 0 N–H and O–H groups in total. The second-order valence-corrected chi connectivity index (χ2v) is 0. The monoisotopic (exact) mass is 163 g/mol. The molecule has 0 saturated heterocycles. The molecule has 4 heavy (non-hydrogen) atoms. The summed E-state index contributed by atoms with van der Waals surface area (Å²) in [6.45, 7) is 0. The molecule has 4 heteroatoms. The molecule has 0 aromatic heterocycles. The van der Waals surface area contributed by atoms with Crippen molar-refractivity contribution in [2.75, 3.05) is 0 Å².